The van der Waals surface area contributed by atoms with Crippen molar-refractivity contribution < 1.29 is 4.74 Å². The highest BCUT2D eigenvalue weighted by molar-refractivity contribution is 7.09. The molecule has 0 spiro atoms. The maximum Gasteiger partial charge on any atom is 0.120 e. The zero-order valence-electron chi connectivity index (χ0n) is 9.20. The number of aromatic nitrogens is 1. The second kappa shape index (κ2) is 4.38. The molecule has 0 aliphatic heterocycles. The standard InChI is InChI=1S/C10H18N2OS/c1-7(2)9-12-8(5-14-9)10(3,6-11)13-4/h5,7H,6,11H2,1-4H3. The topological polar surface area (TPSA) is 48.1 Å². The van der Waals surface area contributed by atoms with Gasteiger partial charge < -0.3 is 10.5 Å². The average Bonchev–Trinajstić information content (AvgIpc) is 2.66. The van der Waals surface area contributed by atoms with Gasteiger partial charge in [0.05, 0.1) is 10.7 Å². The van der Waals surface area contributed by atoms with Crippen molar-refractivity contribution >= 4 is 11.3 Å². The quantitative estimate of drug-likeness (QED) is 0.835. The third-order valence-corrected chi connectivity index (χ3v) is 3.54. The van der Waals surface area contributed by atoms with Gasteiger partial charge >= 0.3 is 0 Å². The summed E-state index contributed by atoms with van der Waals surface area (Å²) in [7, 11) is 1.67. The minimum absolute atomic E-state index is 0.441. The van der Waals surface area contributed by atoms with E-state index in [0.29, 0.717) is 12.5 Å². The molecule has 14 heavy (non-hydrogen) atoms. The van der Waals surface area contributed by atoms with Crippen LogP contribution in [0.3, 0.4) is 0 Å². The third-order valence-electron chi connectivity index (χ3n) is 2.40. The summed E-state index contributed by atoms with van der Waals surface area (Å²) < 4.78 is 5.39. The maximum atomic E-state index is 5.67. The van der Waals surface area contributed by atoms with Crippen molar-refractivity contribution in [3.05, 3.63) is 16.1 Å². The summed E-state index contributed by atoms with van der Waals surface area (Å²) in [5.74, 6) is 0.465. The molecule has 0 saturated carbocycles. The van der Waals surface area contributed by atoms with E-state index in [1.165, 1.54) is 0 Å². The van der Waals surface area contributed by atoms with Gasteiger partial charge in [-0.25, -0.2) is 4.98 Å². The lowest BCUT2D eigenvalue weighted by Gasteiger charge is -2.23. The molecular formula is C10H18N2OS. The lowest BCUT2D eigenvalue weighted by Crippen LogP contribution is -2.34. The molecule has 0 saturated heterocycles. The molecule has 1 unspecified atom stereocenters. The second-order valence-corrected chi connectivity index (χ2v) is 4.75. The summed E-state index contributed by atoms with van der Waals surface area (Å²) in [5, 5.41) is 3.17. The van der Waals surface area contributed by atoms with E-state index < -0.39 is 5.60 Å². The first-order valence-corrected chi connectivity index (χ1v) is 5.62. The molecule has 2 N–H and O–H groups in total. The van der Waals surface area contributed by atoms with E-state index >= 15 is 0 Å². The highest BCUT2D eigenvalue weighted by Crippen LogP contribution is 2.27. The van der Waals surface area contributed by atoms with Gasteiger partial charge in [0.1, 0.15) is 5.60 Å². The van der Waals surface area contributed by atoms with Crippen LogP contribution in [0.5, 0.6) is 0 Å². The van der Waals surface area contributed by atoms with Gasteiger partial charge in [-0.3, -0.25) is 0 Å². The van der Waals surface area contributed by atoms with Gasteiger partial charge in [0, 0.05) is 25.0 Å². The summed E-state index contributed by atoms with van der Waals surface area (Å²) in [6, 6.07) is 0. The molecule has 80 valence electrons. The highest BCUT2D eigenvalue weighted by atomic mass is 32.1. The summed E-state index contributed by atoms with van der Waals surface area (Å²) in [6.45, 7) is 6.68. The largest absolute Gasteiger partial charge is 0.371 e. The van der Waals surface area contributed by atoms with Crippen molar-refractivity contribution in [1.82, 2.24) is 4.98 Å². The molecule has 3 nitrogen and oxygen atoms in total. The van der Waals surface area contributed by atoms with Crippen molar-refractivity contribution in [2.24, 2.45) is 5.73 Å². The molecule has 0 bridgehead atoms. The molecule has 0 radical (unpaired) electrons. The first kappa shape index (κ1) is 11.6. The fraction of sp³-hybridized carbons (Fsp3) is 0.700. The van der Waals surface area contributed by atoms with Gasteiger partial charge in [0.25, 0.3) is 0 Å². The SMILES string of the molecule is COC(C)(CN)c1csc(C(C)C)n1. The predicted octanol–water partition coefficient (Wildman–Crippen LogP) is 2.09. The molecule has 4 heteroatoms. The molecule has 1 aromatic heterocycles. The monoisotopic (exact) mass is 214 g/mol. The minimum Gasteiger partial charge on any atom is -0.371 e. The van der Waals surface area contributed by atoms with Crippen LogP contribution in [0.4, 0.5) is 0 Å². The zero-order chi connectivity index (χ0) is 10.8. The van der Waals surface area contributed by atoms with Crippen LogP contribution in [0, 0.1) is 0 Å². The Morgan fingerprint density at radius 2 is 2.29 bits per heavy atom. The second-order valence-electron chi connectivity index (χ2n) is 3.86. The lowest BCUT2D eigenvalue weighted by atomic mass is 10.0. The van der Waals surface area contributed by atoms with E-state index in [-0.39, 0.29) is 0 Å². The summed E-state index contributed by atoms with van der Waals surface area (Å²) in [6.07, 6.45) is 0. The van der Waals surface area contributed by atoms with E-state index in [9.17, 15) is 0 Å². The minimum atomic E-state index is -0.441. The van der Waals surface area contributed by atoms with E-state index in [0.717, 1.165) is 10.7 Å². The Morgan fingerprint density at radius 3 is 2.64 bits per heavy atom. The zero-order valence-corrected chi connectivity index (χ0v) is 10.0. The number of ether oxygens (including phenoxy) is 1. The summed E-state index contributed by atoms with van der Waals surface area (Å²) >= 11 is 1.67. The van der Waals surface area contributed by atoms with Gasteiger partial charge in [-0.2, -0.15) is 0 Å². The summed E-state index contributed by atoms with van der Waals surface area (Å²) in [5.41, 5.74) is 6.17. The molecule has 1 rings (SSSR count). The fourth-order valence-electron chi connectivity index (χ4n) is 1.09. The van der Waals surface area contributed by atoms with Crippen LogP contribution >= 0.6 is 11.3 Å². The lowest BCUT2D eigenvalue weighted by molar-refractivity contribution is 0.00678. The summed E-state index contributed by atoms with van der Waals surface area (Å²) in [4.78, 5) is 4.54. The number of hydrogen-bond acceptors (Lipinski definition) is 4. The van der Waals surface area contributed by atoms with Crippen LogP contribution in [-0.2, 0) is 10.3 Å². The smallest absolute Gasteiger partial charge is 0.120 e. The number of rotatable bonds is 4. The Morgan fingerprint density at radius 1 is 1.64 bits per heavy atom. The Labute approximate surface area is 89.3 Å². The number of thiazole rings is 1. The highest BCUT2D eigenvalue weighted by Gasteiger charge is 2.27. The van der Waals surface area contributed by atoms with Crippen LogP contribution in [0.1, 0.15) is 37.4 Å². The molecule has 1 atom stereocenters. The van der Waals surface area contributed by atoms with Gasteiger partial charge in [-0.1, -0.05) is 13.8 Å². The van der Waals surface area contributed by atoms with Crippen molar-refractivity contribution in [3.8, 4) is 0 Å². The molecule has 1 aromatic rings. The predicted molar refractivity (Wildman–Crippen MR) is 59.6 cm³/mol. The number of methoxy groups -OCH3 is 1. The van der Waals surface area contributed by atoms with Crippen LogP contribution < -0.4 is 5.73 Å². The number of hydrogen-bond donors (Lipinski definition) is 1. The Hall–Kier alpha value is -0.450. The van der Waals surface area contributed by atoms with Crippen LogP contribution in [0.15, 0.2) is 5.38 Å². The third kappa shape index (κ3) is 2.13. The van der Waals surface area contributed by atoms with E-state index in [4.69, 9.17) is 10.5 Å². The fourth-order valence-corrected chi connectivity index (χ4v) is 2.05. The Balaban J connectivity index is 2.95. The Bertz CT molecular complexity index is 292. The van der Waals surface area contributed by atoms with Gasteiger partial charge in [0.2, 0.25) is 0 Å². The van der Waals surface area contributed by atoms with Gasteiger partial charge in [0.15, 0.2) is 0 Å². The number of nitrogens with zero attached hydrogens (tertiary/aromatic N) is 1. The van der Waals surface area contributed by atoms with E-state index in [1.54, 1.807) is 18.4 Å². The van der Waals surface area contributed by atoms with Crippen molar-refractivity contribution in [1.29, 1.82) is 0 Å². The number of nitrogens with two attached hydrogens (primary N) is 1. The van der Waals surface area contributed by atoms with Crippen LogP contribution in [-0.4, -0.2) is 18.6 Å². The molecule has 0 fully saturated rings. The van der Waals surface area contributed by atoms with Crippen molar-refractivity contribution in [2.45, 2.75) is 32.3 Å². The van der Waals surface area contributed by atoms with E-state index in [2.05, 4.69) is 18.8 Å². The average molecular weight is 214 g/mol. The van der Waals surface area contributed by atoms with Crippen LogP contribution in [0.2, 0.25) is 0 Å². The molecule has 0 amide bonds. The molecule has 1 heterocycles. The first-order valence-electron chi connectivity index (χ1n) is 4.74. The molecule has 0 aliphatic carbocycles. The van der Waals surface area contributed by atoms with E-state index in [1.807, 2.05) is 12.3 Å². The van der Waals surface area contributed by atoms with Gasteiger partial charge in [-0.15, -0.1) is 11.3 Å². The Kier molecular flexibility index (Phi) is 3.64. The molecule has 0 aromatic carbocycles. The van der Waals surface area contributed by atoms with Crippen molar-refractivity contribution in [2.75, 3.05) is 13.7 Å². The molecular weight excluding hydrogens is 196 g/mol. The molecule has 0 aliphatic rings. The first-order chi connectivity index (χ1) is 6.53. The van der Waals surface area contributed by atoms with Crippen molar-refractivity contribution in [3.63, 3.8) is 0 Å². The van der Waals surface area contributed by atoms with Crippen LogP contribution in [0.25, 0.3) is 0 Å². The normalized spacial score (nSPS) is 15.9. The van der Waals surface area contributed by atoms with Gasteiger partial charge in [-0.05, 0) is 6.92 Å². The maximum absolute atomic E-state index is 5.67.